The number of primary amides is 1. The molecule has 0 aliphatic carbocycles. The fraction of sp³-hybridized carbons (Fsp3) is 0.133. The van der Waals surface area contributed by atoms with E-state index in [1.807, 2.05) is 0 Å². The van der Waals surface area contributed by atoms with Gasteiger partial charge in [-0.3, -0.25) is 4.79 Å². The Morgan fingerprint density at radius 3 is 2.57 bits per heavy atom. The van der Waals surface area contributed by atoms with Crippen LogP contribution in [0.1, 0.15) is 10.4 Å². The minimum Gasteiger partial charge on any atom is -0.492 e. The quantitative estimate of drug-likeness (QED) is 0.565. The van der Waals surface area contributed by atoms with E-state index in [0.717, 1.165) is 5.75 Å². The Kier molecular flexibility index (Phi) is 4.90. The van der Waals surface area contributed by atoms with Gasteiger partial charge in [-0.15, -0.1) is 0 Å². The van der Waals surface area contributed by atoms with Crippen LogP contribution in [-0.4, -0.2) is 19.1 Å². The van der Waals surface area contributed by atoms with Crippen LogP contribution in [0.2, 0.25) is 5.02 Å². The molecule has 0 bridgehead atoms. The van der Waals surface area contributed by atoms with Crippen LogP contribution in [0.15, 0.2) is 42.5 Å². The van der Waals surface area contributed by atoms with Crippen LogP contribution in [0, 0.1) is 0 Å². The van der Waals surface area contributed by atoms with Gasteiger partial charge in [-0.2, -0.15) is 0 Å². The number of ether oxygens (including phenoxy) is 1. The van der Waals surface area contributed by atoms with E-state index in [4.69, 9.17) is 27.8 Å². The van der Waals surface area contributed by atoms with Crippen molar-refractivity contribution in [3.05, 3.63) is 53.1 Å². The Bertz CT molecular complexity index is 629. The fourth-order valence-electron chi connectivity index (χ4n) is 1.84. The first-order chi connectivity index (χ1) is 10.1. The first-order valence-electron chi connectivity index (χ1n) is 6.38. The van der Waals surface area contributed by atoms with E-state index >= 15 is 0 Å². The molecule has 0 spiro atoms. The third-order valence-corrected chi connectivity index (χ3v) is 3.14. The zero-order chi connectivity index (χ0) is 15.2. The molecule has 5 N–H and O–H groups in total. The summed E-state index contributed by atoms with van der Waals surface area (Å²) in [6, 6.07) is 12.2. The standard InChI is InChI=1S/C15H16ClN3O2/c16-12-2-1-3-13(14(12)15(18)20)19-8-9-21-11-6-4-10(17)5-7-11/h1-7,19H,8-9,17H2,(H2,18,20). The SMILES string of the molecule is NC(=O)c1c(Cl)cccc1NCCOc1ccc(N)cc1. The predicted molar refractivity (Wildman–Crippen MR) is 84.8 cm³/mol. The van der Waals surface area contributed by atoms with Gasteiger partial charge in [-0.05, 0) is 36.4 Å². The van der Waals surface area contributed by atoms with Gasteiger partial charge in [0.2, 0.25) is 0 Å². The number of halogens is 1. The topological polar surface area (TPSA) is 90.4 Å². The van der Waals surface area contributed by atoms with Gasteiger partial charge in [0.1, 0.15) is 12.4 Å². The van der Waals surface area contributed by atoms with Crippen LogP contribution in [0.3, 0.4) is 0 Å². The highest BCUT2D eigenvalue weighted by atomic mass is 35.5. The number of nitrogens with two attached hydrogens (primary N) is 2. The van der Waals surface area contributed by atoms with Gasteiger partial charge >= 0.3 is 0 Å². The van der Waals surface area contributed by atoms with E-state index in [1.54, 1.807) is 42.5 Å². The summed E-state index contributed by atoms with van der Waals surface area (Å²) in [5.41, 5.74) is 12.5. The van der Waals surface area contributed by atoms with Crippen molar-refractivity contribution < 1.29 is 9.53 Å². The zero-order valence-corrected chi connectivity index (χ0v) is 12.1. The van der Waals surface area contributed by atoms with Crippen LogP contribution in [0.25, 0.3) is 0 Å². The number of amides is 1. The monoisotopic (exact) mass is 305 g/mol. The normalized spacial score (nSPS) is 10.1. The minimum absolute atomic E-state index is 0.284. The van der Waals surface area contributed by atoms with Crippen molar-refractivity contribution in [3.8, 4) is 5.75 Å². The van der Waals surface area contributed by atoms with Crippen molar-refractivity contribution in [1.29, 1.82) is 0 Å². The van der Waals surface area contributed by atoms with Crippen LogP contribution in [0.4, 0.5) is 11.4 Å². The molecule has 0 unspecified atom stereocenters. The second kappa shape index (κ2) is 6.85. The van der Waals surface area contributed by atoms with Gasteiger partial charge in [0.05, 0.1) is 10.6 Å². The molecule has 0 heterocycles. The lowest BCUT2D eigenvalue weighted by Crippen LogP contribution is -2.17. The molecule has 0 aliphatic heterocycles. The van der Waals surface area contributed by atoms with Gasteiger partial charge in [0, 0.05) is 17.9 Å². The Balaban J connectivity index is 1.90. The molecule has 5 nitrogen and oxygen atoms in total. The Morgan fingerprint density at radius 1 is 1.19 bits per heavy atom. The number of rotatable bonds is 6. The molecule has 0 atom stereocenters. The molecule has 0 saturated carbocycles. The third-order valence-electron chi connectivity index (χ3n) is 2.83. The molecule has 2 rings (SSSR count). The lowest BCUT2D eigenvalue weighted by Gasteiger charge is -2.12. The fourth-order valence-corrected chi connectivity index (χ4v) is 2.11. The summed E-state index contributed by atoms with van der Waals surface area (Å²) in [4.78, 5) is 11.4. The summed E-state index contributed by atoms with van der Waals surface area (Å²) in [7, 11) is 0. The minimum atomic E-state index is -0.567. The Hall–Kier alpha value is -2.40. The second-order valence-corrected chi connectivity index (χ2v) is 4.78. The van der Waals surface area contributed by atoms with E-state index in [0.29, 0.717) is 29.5 Å². The molecule has 110 valence electrons. The predicted octanol–water partition coefficient (Wildman–Crippen LogP) is 2.51. The maximum absolute atomic E-state index is 11.4. The molecular weight excluding hydrogens is 290 g/mol. The van der Waals surface area contributed by atoms with Gasteiger partial charge in [-0.25, -0.2) is 0 Å². The van der Waals surface area contributed by atoms with Crippen LogP contribution < -0.4 is 21.5 Å². The molecule has 0 aliphatic rings. The van der Waals surface area contributed by atoms with Crippen molar-refractivity contribution in [2.24, 2.45) is 5.73 Å². The van der Waals surface area contributed by atoms with E-state index in [2.05, 4.69) is 5.32 Å². The zero-order valence-electron chi connectivity index (χ0n) is 11.3. The number of nitrogen functional groups attached to an aromatic ring is 1. The van der Waals surface area contributed by atoms with Crippen molar-refractivity contribution in [2.45, 2.75) is 0 Å². The van der Waals surface area contributed by atoms with Gasteiger partial charge in [-0.1, -0.05) is 17.7 Å². The van der Waals surface area contributed by atoms with E-state index < -0.39 is 5.91 Å². The Labute approximate surface area is 127 Å². The number of carbonyl (C=O) groups is 1. The molecule has 1 amide bonds. The van der Waals surface area contributed by atoms with Crippen molar-refractivity contribution in [2.75, 3.05) is 24.2 Å². The molecule has 0 radical (unpaired) electrons. The molecule has 0 saturated heterocycles. The molecule has 2 aromatic rings. The maximum atomic E-state index is 11.4. The van der Waals surface area contributed by atoms with Gasteiger partial charge < -0.3 is 21.5 Å². The van der Waals surface area contributed by atoms with Gasteiger partial charge in [0.15, 0.2) is 0 Å². The molecule has 0 fully saturated rings. The smallest absolute Gasteiger partial charge is 0.252 e. The van der Waals surface area contributed by atoms with Crippen LogP contribution >= 0.6 is 11.6 Å². The summed E-state index contributed by atoms with van der Waals surface area (Å²) in [5.74, 6) is 0.162. The lowest BCUT2D eigenvalue weighted by molar-refractivity contribution is 0.100. The highest BCUT2D eigenvalue weighted by Gasteiger charge is 2.11. The number of hydrogen-bond donors (Lipinski definition) is 3. The summed E-state index contributed by atoms with van der Waals surface area (Å²) >= 11 is 5.96. The average molecular weight is 306 g/mol. The van der Waals surface area contributed by atoms with Crippen molar-refractivity contribution >= 4 is 28.9 Å². The second-order valence-electron chi connectivity index (χ2n) is 4.37. The molecule has 2 aromatic carbocycles. The number of anilines is 2. The summed E-state index contributed by atoms with van der Waals surface area (Å²) in [5, 5.41) is 3.41. The first-order valence-corrected chi connectivity index (χ1v) is 6.76. The molecule has 21 heavy (non-hydrogen) atoms. The highest BCUT2D eigenvalue weighted by Crippen LogP contribution is 2.23. The summed E-state index contributed by atoms with van der Waals surface area (Å²) in [6.07, 6.45) is 0. The average Bonchev–Trinajstić information content (AvgIpc) is 2.45. The highest BCUT2D eigenvalue weighted by molar-refractivity contribution is 6.34. The lowest BCUT2D eigenvalue weighted by atomic mass is 10.1. The van der Waals surface area contributed by atoms with E-state index in [9.17, 15) is 4.79 Å². The Morgan fingerprint density at radius 2 is 1.90 bits per heavy atom. The summed E-state index contributed by atoms with van der Waals surface area (Å²) in [6.45, 7) is 0.930. The van der Waals surface area contributed by atoms with Crippen molar-refractivity contribution in [3.63, 3.8) is 0 Å². The number of carbonyl (C=O) groups excluding carboxylic acids is 1. The van der Waals surface area contributed by atoms with E-state index in [1.165, 1.54) is 0 Å². The van der Waals surface area contributed by atoms with E-state index in [-0.39, 0.29) is 5.56 Å². The number of hydrogen-bond acceptors (Lipinski definition) is 4. The maximum Gasteiger partial charge on any atom is 0.252 e. The largest absolute Gasteiger partial charge is 0.492 e. The van der Waals surface area contributed by atoms with Gasteiger partial charge in [0.25, 0.3) is 5.91 Å². The third kappa shape index (κ3) is 4.03. The summed E-state index contributed by atoms with van der Waals surface area (Å²) < 4.78 is 5.55. The number of nitrogens with one attached hydrogen (secondary N) is 1. The van der Waals surface area contributed by atoms with Crippen LogP contribution in [-0.2, 0) is 0 Å². The van der Waals surface area contributed by atoms with Crippen molar-refractivity contribution in [1.82, 2.24) is 0 Å². The molecule has 0 aromatic heterocycles. The molecular formula is C15H16ClN3O2. The number of benzene rings is 2. The molecule has 6 heteroatoms. The first kappa shape index (κ1) is 15.0. The van der Waals surface area contributed by atoms with Crippen LogP contribution in [0.5, 0.6) is 5.75 Å².